The molecule has 0 aliphatic carbocycles. The summed E-state index contributed by atoms with van der Waals surface area (Å²) in [5.41, 5.74) is 4.40. The van der Waals surface area contributed by atoms with Crippen molar-refractivity contribution in [2.45, 2.75) is 52.1 Å². The van der Waals surface area contributed by atoms with Crippen molar-refractivity contribution in [1.29, 1.82) is 0 Å². The molecule has 1 saturated heterocycles. The smallest absolute Gasteiger partial charge is 0.224 e. The molecule has 0 amide bonds. The summed E-state index contributed by atoms with van der Waals surface area (Å²) in [7, 11) is 1.84. The standard InChI is InChI=1S/C13H23N5/c1-9-8-12(16-13(14-4)15-9)17-18-10(2)6-5-7-11(18)3/h8,10-11H,5-7H2,1-4H3,(H2,14,15,16,17). The number of rotatable bonds is 3. The lowest BCUT2D eigenvalue weighted by Gasteiger charge is -2.39. The number of aryl methyl sites for hydroxylation is 1. The van der Waals surface area contributed by atoms with Crippen molar-refractivity contribution in [2.24, 2.45) is 0 Å². The Labute approximate surface area is 109 Å². The van der Waals surface area contributed by atoms with Crippen LogP contribution in [0.3, 0.4) is 0 Å². The summed E-state index contributed by atoms with van der Waals surface area (Å²) in [6, 6.07) is 3.07. The van der Waals surface area contributed by atoms with E-state index in [2.05, 4.69) is 39.6 Å². The molecule has 0 aromatic carbocycles. The summed E-state index contributed by atoms with van der Waals surface area (Å²) in [5.74, 6) is 1.53. The van der Waals surface area contributed by atoms with Gasteiger partial charge >= 0.3 is 0 Å². The zero-order valence-electron chi connectivity index (χ0n) is 11.7. The van der Waals surface area contributed by atoms with Crippen molar-refractivity contribution in [1.82, 2.24) is 15.0 Å². The maximum atomic E-state index is 4.44. The third-order valence-electron chi connectivity index (χ3n) is 3.52. The SMILES string of the molecule is CNc1nc(C)cc(NN2C(C)CCCC2C)n1. The Bertz CT molecular complexity index is 396. The van der Waals surface area contributed by atoms with E-state index in [1.54, 1.807) is 0 Å². The van der Waals surface area contributed by atoms with Crippen molar-refractivity contribution < 1.29 is 0 Å². The van der Waals surface area contributed by atoms with Crippen LogP contribution in [0.4, 0.5) is 11.8 Å². The normalized spacial score (nSPS) is 24.9. The van der Waals surface area contributed by atoms with Gasteiger partial charge in [-0.3, -0.25) is 0 Å². The molecule has 18 heavy (non-hydrogen) atoms. The predicted octanol–water partition coefficient (Wildman–Crippen LogP) is 2.42. The Kier molecular flexibility index (Phi) is 4.01. The number of hydrogen-bond donors (Lipinski definition) is 2. The Balaban J connectivity index is 2.14. The second-order valence-corrected chi connectivity index (χ2v) is 5.12. The van der Waals surface area contributed by atoms with E-state index in [9.17, 15) is 0 Å². The topological polar surface area (TPSA) is 53.1 Å². The monoisotopic (exact) mass is 249 g/mol. The summed E-state index contributed by atoms with van der Waals surface area (Å²) in [6.45, 7) is 6.50. The van der Waals surface area contributed by atoms with E-state index >= 15 is 0 Å². The Morgan fingerprint density at radius 2 is 1.89 bits per heavy atom. The Hall–Kier alpha value is -1.36. The highest BCUT2D eigenvalue weighted by atomic mass is 15.5. The fourth-order valence-electron chi connectivity index (χ4n) is 2.51. The van der Waals surface area contributed by atoms with E-state index < -0.39 is 0 Å². The second-order valence-electron chi connectivity index (χ2n) is 5.12. The third kappa shape index (κ3) is 2.90. The molecule has 0 spiro atoms. The second kappa shape index (κ2) is 5.52. The van der Waals surface area contributed by atoms with E-state index in [0.29, 0.717) is 18.0 Å². The molecular weight excluding hydrogens is 226 g/mol. The first-order valence-electron chi connectivity index (χ1n) is 6.68. The number of piperidine rings is 1. The molecule has 0 saturated carbocycles. The maximum Gasteiger partial charge on any atom is 0.224 e. The number of hydrogen-bond acceptors (Lipinski definition) is 5. The molecule has 0 bridgehead atoms. The molecule has 1 aromatic rings. The van der Waals surface area contributed by atoms with Crippen molar-refractivity contribution in [3.05, 3.63) is 11.8 Å². The molecule has 1 fully saturated rings. The summed E-state index contributed by atoms with van der Waals surface area (Å²) in [6.07, 6.45) is 3.78. The highest BCUT2D eigenvalue weighted by Crippen LogP contribution is 2.23. The van der Waals surface area contributed by atoms with E-state index in [-0.39, 0.29) is 0 Å². The van der Waals surface area contributed by atoms with Crippen molar-refractivity contribution in [3.8, 4) is 0 Å². The van der Waals surface area contributed by atoms with Gasteiger partial charge in [-0.2, -0.15) is 4.98 Å². The minimum atomic E-state index is 0.544. The number of nitrogens with zero attached hydrogens (tertiary/aromatic N) is 3. The van der Waals surface area contributed by atoms with Gasteiger partial charge in [0.15, 0.2) is 0 Å². The molecule has 1 aromatic heterocycles. The first-order valence-corrected chi connectivity index (χ1v) is 6.68. The number of anilines is 2. The van der Waals surface area contributed by atoms with Crippen LogP contribution >= 0.6 is 0 Å². The van der Waals surface area contributed by atoms with Gasteiger partial charge in [0.1, 0.15) is 5.82 Å². The average Bonchev–Trinajstić information content (AvgIpc) is 2.33. The Morgan fingerprint density at radius 1 is 1.22 bits per heavy atom. The molecule has 2 atom stereocenters. The zero-order chi connectivity index (χ0) is 13.1. The van der Waals surface area contributed by atoms with Gasteiger partial charge in [-0.15, -0.1) is 0 Å². The predicted molar refractivity (Wildman–Crippen MR) is 74.6 cm³/mol. The van der Waals surface area contributed by atoms with Crippen LogP contribution in [0.25, 0.3) is 0 Å². The van der Waals surface area contributed by atoms with Gasteiger partial charge in [0.05, 0.1) is 0 Å². The molecule has 1 aliphatic heterocycles. The van der Waals surface area contributed by atoms with E-state index in [1.807, 2.05) is 20.0 Å². The van der Waals surface area contributed by atoms with Crippen LogP contribution in [0.1, 0.15) is 38.8 Å². The number of aromatic nitrogens is 2. The molecule has 2 heterocycles. The summed E-state index contributed by atoms with van der Waals surface area (Å²) in [5, 5.41) is 5.30. The number of nitrogens with one attached hydrogen (secondary N) is 2. The molecule has 1 aliphatic rings. The van der Waals surface area contributed by atoms with E-state index in [0.717, 1.165) is 11.5 Å². The van der Waals surface area contributed by atoms with Crippen LogP contribution in [0.5, 0.6) is 0 Å². The van der Waals surface area contributed by atoms with Gasteiger partial charge in [0, 0.05) is 30.9 Å². The van der Waals surface area contributed by atoms with Crippen molar-refractivity contribution in [2.75, 3.05) is 17.8 Å². The van der Waals surface area contributed by atoms with Gasteiger partial charge in [-0.25, -0.2) is 9.99 Å². The minimum Gasteiger partial charge on any atom is -0.357 e. The van der Waals surface area contributed by atoms with Gasteiger partial charge in [-0.05, 0) is 33.6 Å². The highest BCUT2D eigenvalue weighted by Gasteiger charge is 2.25. The molecular formula is C13H23N5. The van der Waals surface area contributed by atoms with Crippen LogP contribution in [0, 0.1) is 6.92 Å². The quantitative estimate of drug-likeness (QED) is 0.861. The number of hydrazine groups is 1. The summed E-state index contributed by atoms with van der Waals surface area (Å²) in [4.78, 5) is 8.74. The molecule has 5 nitrogen and oxygen atoms in total. The van der Waals surface area contributed by atoms with Crippen molar-refractivity contribution >= 4 is 11.8 Å². The van der Waals surface area contributed by atoms with Crippen molar-refractivity contribution in [3.63, 3.8) is 0 Å². The zero-order valence-corrected chi connectivity index (χ0v) is 11.7. The molecule has 2 N–H and O–H groups in total. The van der Waals surface area contributed by atoms with Gasteiger partial charge in [0.2, 0.25) is 5.95 Å². The lowest BCUT2D eigenvalue weighted by atomic mass is 10.00. The van der Waals surface area contributed by atoms with Crippen LogP contribution in [0.15, 0.2) is 6.07 Å². The lowest BCUT2D eigenvalue weighted by Crippen LogP contribution is -2.47. The van der Waals surface area contributed by atoms with Crippen LogP contribution in [-0.2, 0) is 0 Å². The summed E-state index contributed by atoms with van der Waals surface area (Å²) < 4.78 is 0. The van der Waals surface area contributed by atoms with Gasteiger partial charge in [0.25, 0.3) is 0 Å². The first-order chi connectivity index (χ1) is 8.60. The van der Waals surface area contributed by atoms with Gasteiger partial charge < -0.3 is 10.7 Å². The Morgan fingerprint density at radius 3 is 2.50 bits per heavy atom. The third-order valence-corrected chi connectivity index (χ3v) is 3.52. The fraction of sp³-hybridized carbons (Fsp3) is 0.692. The molecule has 0 radical (unpaired) electrons. The largest absolute Gasteiger partial charge is 0.357 e. The molecule has 2 rings (SSSR count). The van der Waals surface area contributed by atoms with E-state index in [1.165, 1.54) is 19.3 Å². The molecule has 5 heteroatoms. The summed E-state index contributed by atoms with van der Waals surface area (Å²) >= 11 is 0. The van der Waals surface area contributed by atoms with Crippen LogP contribution in [0.2, 0.25) is 0 Å². The van der Waals surface area contributed by atoms with E-state index in [4.69, 9.17) is 0 Å². The average molecular weight is 249 g/mol. The fourth-order valence-corrected chi connectivity index (χ4v) is 2.51. The maximum absolute atomic E-state index is 4.44. The van der Waals surface area contributed by atoms with Crippen LogP contribution in [-0.4, -0.2) is 34.1 Å². The molecule has 100 valence electrons. The minimum absolute atomic E-state index is 0.544. The van der Waals surface area contributed by atoms with Crippen LogP contribution < -0.4 is 10.7 Å². The molecule has 2 unspecified atom stereocenters. The lowest BCUT2D eigenvalue weighted by molar-refractivity contribution is 0.135. The van der Waals surface area contributed by atoms with Gasteiger partial charge in [-0.1, -0.05) is 6.42 Å². The highest BCUT2D eigenvalue weighted by molar-refractivity contribution is 5.41. The first kappa shape index (κ1) is 13.1.